The predicted octanol–water partition coefficient (Wildman–Crippen LogP) is 1.63. The van der Waals surface area contributed by atoms with Crippen molar-refractivity contribution in [3.8, 4) is 0 Å². The highest BCUT2D eigenvalue weighted by molar-refractivity contribution is 6.24. The third-order valence-corrected chi connectivity index (χ3v) is 1.25. The maximum absolute atomic E-state index is 6.90. The van der Waals surface area contributed by atoms with E-state index in [9.17, 15) is 0 Å². The lowest BCUT2D eigenvalue weighted by Crippen LogP contribution is -1.90. The van der Waals surface area contributed by atoms with Crippen molar-refractivity contribution in [2.24, 2.45) is 0 Å². The maximum Gasteiger partial charge on any atom is 0.135 e. The second kappa shape index (κ2) is 4.77. The standard InChI is InChI=1S/C8H12BNO/c1-6(2)8(9)4-7(5-10)11-3/h4-5,10H,1-3H3/b7-4+,10-5?. The molecule has 0 aromatic carbocycles. The minimum absolute atomic E-state index is 0.462. The summed E-state index contributed by atoms with van der Waals surface area (Å²) < 4.78 is 4.82. The van der Waals surface area contributed by atoms with Gasteiger partial charge < -0.3 is 10.1 Å². The van der Waals surface area contributed by atoms with Gasteiger partial charge in [-0.2, -0.15) is 0 Å². The zero-order valence-electron chi connectivity index (χ0n) is 7.14. The number of rotatable bonds is 3. The molecule has 0 atom stereocenters. The second-order valence-electron chi connectivity index (χ2n) is 2.35. The van der Waals surface area contributed by atoms with Crippen molar-refractivity contribution in [2.75, 3.05) is 7.11 Å². The third-order valence-electron chi connectivity index (χ3n) is 1.25. The van der Waals surface area contributed by atoms with Crippen LogP contribution in [0.25, 0.3) is 0 Å². The molecule has 0 rings (SSSR count). The second-order valence-corrected chi connectivity index (χ2v) is 2.35. The van der Waals surface area contributed by atoms with Crippen LogP contribution in [-0.2, 0) is 4.74 Å². The van der Waals surface area contributed by atoms with E-state index in [2.05, 4.69) is 0 Å². The van der Waals surface area contributed by atoms with Crippen LogP contribution in [0.4, 0.5) is 0 Å². The van der Waals surface area contributed by atoms with E-state index in [0.717, 1.165) is 11.8 Å². The molecule has 0 fully saturated rings. The molecule has 0 aromatic heterocycles. The fraction of sp³-hybridized carbons (Fsp3) is 0.375. The highest BCUT2D eigenvalue weighted by Crippen LogP contribution is 2.03. The molecule has 0 aliphatic rings. The normalized spacial score (nSPS) is 10.6. The monoisotopic (exact) mass is 149 g/mol. The first-order valence-electron chi connectivity index (χ1n) is 3.31. The topological polar surface area (TPSA) is 33.1 Å². The number of methoxy groups -OCH3 is 1. The van der Waals surface area contributed by atoms with Gasteiger partial charge in [-0.1, -0.05) is 11.0 Å². The summed E-state index contributed by atoms with van der Waals surface area (Å²) in [5.41, 5.74) is 1.66. The van der Waals surface area contributed by atoms with Gasteiger partial charge in [0.2, 0.25) is 0 Å². The molecular weight excluding hydrogens is 137 g/mol. The average molecular weight is 149 g/mol. The Morgan fingerprint density at radius 3 is 2.27 bits per heavy atom. The van der Waals surface area contributed by atoms with Gasteiger partial charge in [0, 0.05) is 0 Å². The van der Waals surface area contributed by atoms with E-state index in [0.29, 0.717) is 11.2 Å². The maximum atomic E-state index is 6.90. The molecule has 0 heterocycles. The summed E-state index contributed by atoms with van der Waals surface area (Å²) in [4.78, 5) is 0. The van der Waals surface area contributed by atoms with E-state index in [4.69, 9.17) is 18.0 Å². The minimum atomic E-state index is 0.462. The molecule has 0 spiro atoms. The summed E-state index contributed by atoms with van der Waals surface area (Å²) in [6.07, 6.45) is 2.75. The van der Waals surface area contributed by atoms with Gasteiger partial charge in [0.05, 0.1) is 13.3 Å². The van der Waals surface area contributed by atoms with Crippen molar-refractivity contribution < 1.29 is 4.74 Å². The Balaban J connectivity index is 4.52. The fourth-order valence-corrected chi connectivity index (χ4v) is 0.457. The van der Waals surface area contributed by atoms with Gasteiger partial charge in [0.1, 0.15) is 13.6 Å². The Morgan fingerprint density at radius 1 is 1.45 bits per heavy atom. The van der Waals surface area contributed by atoms with Crippen LogP contribution in [0.15, 0.2) is 22.9 Å². The summed E-state index contributed by atoms with van der Waals surface area (Å²) in [6.45, 7) is 3.81. The lowest BCUT2D eigenvalue weighted by atomic mass is 9.91. The van der Waals surface area contributed by atoms with Crippen LogP contribution in [0.2, 0.25) is 0 Å². The molecule has 2 radical (unpaired) electrons. The fourth-order valence-electron chi connectivity index (χ4n) is 0.457. The molecule has 0 bridgehead atoms. The van der Waals surface area contributed by atoms with E-state index in [-0.39, 0.29) is 0 Å². The Hall–Kier alpha value is -0.985. The molecule has 0 unspecified atom stereocenters. The molecule has 1 N–H and O–H groups in total. The van der Waals surface area contributed by atoms with Crippen molar-refractivity contribution in [3.05, 3.63) is 22.9 Å². The Bertz CT molecular complexity index is 202. The first-order valence-corrected chi connectivity index (χ1v) is 3.31. The zero-order valence-corrected chi connectivity index (χ0v) is 7.14. The Kier molecular flexibility index (Phi) is 4.35. The van der Waals surface area contributed by atoms with Crippen molar-refractivity contribution in [2.45, 2.75) is 13.8 Å². The number of allylic oxidation sites excluding steroid dienone is 4. The summed E-state index contributed by atoms with van der Waals surface area (Å²) >= 11 is 0. The molecular formula is C8H12BNO. The van der Waals surface area contributed by atoms with Crippen LogP contribution >= 0.6 is 0 Å². The van der Waals surface area contributed by atoms with Gasteiger partial charge in [-0.25, -0.2) is 0 Å². The van der Waals surface area contributed by atoms with Crippen LogP contribution in [0.5, 0.6) is 0 Å². The molecule has 0 saturated heterocycles. The Morgan fingerprint density at radius 2 is 2.00 bits per heavy atom. The van der Waals surface area contributed by atoms with Crippen LogP contribution in [-0.4, -0.2) is 21.2 Å². The van der Waals surface area contributed by atoms with Gasteiger partial charge in [0.15, 0.2) is 0 Å². The summed E-state index contributed by atoms with van der Waals surface area (Å²) in [5.74, 6) is 0.462. The first kappa shape index (κ1) is 10.0. The minimum Gasteiger partial charge on any atom is -0.495 e. The quantitative estimate of drug-likeness (QED) is 0.281. The SMILES string of the molecule is [B]C(/C=C(\C=N)OC)=C(C)C. The number of hydrogen-bond acceptors (Lipinski definition) is 2. The van der Waals surface area contributed by atoms with Crippen molar-refractivity contribution in [1.29, 1.82) is 5.41 Å². The molecule has 0 amide bonds. The molecule has 2 nitrogen and oxygen atoms in total. The van der Waals surface area contributed by atoms with Crippen molar-refractivity contribution in [1.82, 2.24) is 0 Å². The third kappa shape index (κ3) is 3.66. The number of hydrogen-bond donors (Lipinski definition) is 1. The van der Waals surface area contributed by atoms with Gasteiger partial charge in [-0.05, 0) is 19.9 Å². The highest BCUT2D eigenvalue weighted by atomic mass is 16.5. The van der Waals surface area contributed by atoms with Gasteiger partial charge in [-0.3, -0.25) is 0 Å². The van der Waals surface area contributed by atoms with Crippen LogP contribution in [0.3, 0.4) is 0 Å². The molecule has 3 heteroatoms. The summed E-state index contributed by atoms with van der Waals surface area (Å²) in [5, 5.41) is 6.90. The van der Waals surface area contributed by atoms with Crippen molar-refractivity contribution in [3.63, 3.8) is 0 Å². The highest BCUT2D eigenvalue weighted by Gasteiger charge is 1.91. The summed E-state index contributed by atoms with van der Waals surface area (Å²) in [6, 6.07) is 0. The lowest BCUT2D eigenvalue weighted by molar-refractivity contribution is 0.317. The summed E-state index contributed by atoms with van der Waals surface area (Å²) in [7, 11) is 7.10. The smallest absolute Gasteiger partial charge is 0.135 e. The van der Waals surface area contributed by atoms with E-state index in [1.165, 1.54) is 7.11 Å². The lowest BCUT2D eigenvalue weighted by Gasteiger charge is -2.00. The molecule has 11 heavy (non-hydrogen) atoms. The van der Waals surface area contributed by atoms with Crippen LogP contribution < -0.4 is 0 Å². The van der Waals surface area contributed by atoms with Crippen LogP contribution in [0, 0.1) is 5.41 Å². The molecule has 58 valence electrons. The molecule has 0 aliphatic carbocycles. The van der Waals surface area contributed by atoms with E-state index >= 15 is 0 Å². The van der Waals surface area contributed by atoms with Gasteiger partial charge in [-0.15, -0.1) is 0 Å². The average Bonchev–Trinajstić information content (AvgIpc) is 1.99. The van der Waals surface area contributed by atoms with E-state index < -0.39 is 0 Å². The zero-order chi connectivity index (χ0) is 8.85. The first-order chi connectivity index (χ1) is 5.11. The van der Waals surface area contributed by atoms with E-state index in [1.807, 2.05) is 13.8 Å². The molecule has 0 aromatic rings. The Labute approximate surface area is 68.9 Å². The number of ether oxygens (including phenoxy) is 1. The predicted molar refractivity (Wildman–Crippen MR) is 48.0 cm³/mol. The molecule has 0 saturated carbocycles. The number of nitrogens with one attached hydrogen (secondary N) is 1. The van der Waals surface area contributed by atoms with Crippen LogP contribution in [0.1, 0.15) is 13.8 Å². The molecule has 0 aliphatic heterocycles. The van der Waals surface area contributed by atoms with Gasteiger partial charge >= 0.3 is 0 Å². The van der Waals surface area contributed by atoms with Gasteiger partial charge in [0.25, 0.3) is 0 Å². The van der Waals surface area contributed by atoms with E-state index in [1.54, 1.807) is 6.08 Å². The van der Waals surface area contributed by atoms with Crippen molar-refractivity contribution >= 4 is 14.1 Å². The largest absolute Gasteiger partial charge is 0.495 e.